The summed E-state index contributed by atoms with van der Waals surface area (Å²) in [6.07, 6.45) is 10.0. The van der Waals surface area contributed by atoms with Crippen LogP contribution in [0.2, 0.25) is 0 Å². The number of nitrogens with one attached hydrogen (secondary N) is 1. The number of nitrogens with zero attached hydrogens (tertiary/aromatic N) is 2. The maximum atomic E-state index is 4.79. The molecule has 0 radical (unpaired) electrons. The lowest BCUT2D eigenvalue weighted by atomic mass is 9.95. The van der Waals surface area contributed by atoms with E-state index in [1.165, 1.54) is 18.5 Å². The van der Waals surface area contributed by atoms with Crippen LogP contribution >= 0.6 is 11.3 Å². The third-order valence-electron chi connectivity index (χ3n) is 6.30. The number of likely N-dealkylation sites (N-methyl/N-ethyl adjacent to an activating group) is 1. The third-order valence-corrected chi connectivity index (χ3v) is 7.07. The summed E-state index contributed by atoms with van der Waals surface area (Å²) in [6, 6.07) is 0.651. The molecule has 5 rings (SSSR count). The average molecular weight is 301 g/mol. The summed E-state index contributed by atoms with van der Waals surface area (Å²) in [5.74, 6) is 5.18. The van der Waals surface area contributed by atoms with E-state index in [-0.39, 0.29) is 0 Å². The van der Waals surface area contributed by atoms with Gasteiger partial charge in [0.05, 0.1) is 5.69 Å². The molecule has 0 spiro atoms. The van der Waals surface area contributed by atoms with E-state index >= 15 is 0 Å². The largest absolute Gasteiger partial charge is 0.314 e. The first-order valence-corrected chi connectivity index (χ1v) is 9.37. The Morgan fingerprint density at radius 3 is 2.90 bits per heavy atom. The van der Waals surface area contributed by atoms with E-state index < -0.39 is 0 Å². The molecule has 0 saturated heterocycles. The van der Waals surface area contributed by atoms with Crippen molar-refractivity contribution < 1.29 is 0 Å². The Morgan fingerprint density at radius 1 is 1.38 bits per heavy atom. The highest BCUT2D eigenvalue weighted by Gasteiger charge is 2.66. The van der Waals surface area contributed by atoms with Crippen molar-refractivity contribution in [1.82, 2.24) is 14.7 Å². The number of imidazole rings is 1. The minimum Gasteiger partial charge on any atom is -0.314 e. The van der Waals surface area contributed by atoms with Gasteiger partial charge >= 0.3 is 0 Å². The topological polar surface area (TPSA) is 29.3 Å². The molecule has 2 aromatic heterocycles. The fourth-order valence-electron chi connectivity index (χ4n) is 5.64. The zero-order chi connectivity index (χ0) is 14.0. The van der Waals surface area contributed by atoms with E-state index in [1.807, 2.05) is 0 Å². The number of fused-ring (bicyclic) bond motifs is 6. The van der Waals surface area contributed by atoms with Crippen LogP contribution < -0.4 is 5.32 Å². The normalized spacial score (nSPS) is 38.0. The van der Waals surface area contributed by atoms with Crippen molar-refractivity contribution in [2.45, 2.75) is 38.6 Å². The summed E-state index contributed by atoms with van der Waals surface area (Å²) in [6.45, 7) is 3.32. The van der Waals surface area contributed by atoms with Crippen LogP contribution in [0, 0.1) is 29.6 Å². The highest BCUT2D eigenvalue weighted by Crippen LogP contribution is 2.70. The molecule has 2 bridgehead atoms. The lowest BCUT2D eigenvalue weighted by Crippen LogP contribution is -2.35. The second-order valence-electron chi connectivity index (χ2n) is 7.26. The highest BCUT2D eigenvalue weighted by molar-refractivity contribution is 7.15. The van der Waals surface area contributed by atoms with Crippen molar-refractivity contribution in [3.63, 3.8) is 0 Å². The van der Waals surface area contributed by atoms with Crippen molar-refractivity contribution in [2.24, 2.45) is 29.6 Å². The molecule has 3 aliphatic rings. The van der Waals surface area contributed by atoms with Gasteiger partial charge in [0.1, 0.15) is 0 Å². The molecule has 3 aliphatic carbocycles. The van der Waals surface area contributed by atoms with E-state index in [0.29, 0.717) is 6.04 Å². The molecule has 0 amide bonds. The number of hydrogen-bond acceptors (Lipinski definition) is 3. The van der Waals surface area contributed by atoms with Crippen LogP contribution in [0.3, 0.4) is 0 Å². The predicted molar refractivity (Wildman–Crippen MR) is 85.5 cm³/mol. The molecule has 5 unspecified atom stereocenters. The molecular formula is C17H23N3S. The van der Waals surface area contributed by atoms with E-state index in [2.05, 4.69) is 34.4 Å². The Labute approximate surface area is 129 Å². The van der Waals surface area contributed by atoms with E-state index in [9.17, 15) is 0 Å². The minimum absolute atomic E-state index is 0.651. The van der Waals surface area contributed by atoms with E-state index in [4.69, 9.17) is 4.98 Å². The van der Waals surface area contributed by atoms with Crippen LogP contribution in [0.15, 0.2) is 17.8 Å². The van der Waals surface area contributed by atoms with Gasteiger partial charge in [0, 0.05) is 30.2 Å². The van der Waals surface area contributed by atoms with Gasteiger partial charge < -0.3 is 5.32 Å². The second kappa shape index (κ2) is 4.56. The summed E-state index contributed by atoms with van der Waals surface area (Å²) in [5, 5.41) is 5.89. The predicted octanol–water partition coefficient (Wildman–Crippen LogP) is 3.21. The van der Waals surface area contributed by atoms with Crippen LogP contribution in [-0.4, -0.2) is 22.0 Å². The number of hydrogen-bond donors (Lipinski definition) is 1. The maximum Gasteiger partial charge on any atom is 0.193 e. The van der Waals surface area contributed by atoms with Crippen LogP contribution in [0.25, 0.3) is 4.96 Å². The second-order valence-corrected chi connectivity index (χ2v) is 8.13. The molecule has 3 nitrogen and oxygen atoms in total. The molecule has 3 fully saturated rings. The Bertz CT molecular complexity index is 615. The molecular weight excluding hydrogens is 278 g/mol. The Morgan fingerprint density at radius 2 is 2.19 bits per heavy atom. The molecule has 5 atom stereocenters. The lowest BCUT2D eigenvalue weighted by Gasteiger charge is -2.20. The average Bonchev–Trinajstić information content (AvgIpc) is 2.91. The molecule has 4 heteroatoms. The fourth-order valence-corrected chi connectivity index (χ4v) is 6.36. The standard InChI is InChI=1S/C17H23N3S/c1-2-18-13(8-12-9-20-5-6-21-17(20)19-12)16-14-10-3-4-11(7-10)15(14)16/h5-6,9-11,13-16,18H,2-4,7-8H2,1H3. The van der Waals surface area contributed by atoms with Crippen molar-refractivity contribution in [1.29, 1.82) is 0 Å². The molecule has 2 aromatic rings. The maximum absolute atomic E-state index is 4.79. The molecule has 0 aliphatic heterocycles. The van der Waals surface area contributed by atoms with E-state index in [1.54, 1.807) is 17.8 Å². The first-order valence-electron chi connectivity index (χ1n) is 8.49. The quantitative estimate of drug-likeness (QED) is 0.919. The summed E-state index contributed by atoms with van der Waals surface area (Å²) >= 11 is 1.73. The van der Waals surface area contributed by atoms with Crippen molar-refractivity contribution in [3.05, 3.63) is 23.5 Å². The Kier molecular flexibility index (Phi) is 2.75. The van der Waals surface area contributed by atoms with Gasteiger partial charge in [-0.25, -0.2) is 4.98 Å². The van der Waals surface area contributed by atoms with Crippen molar-refractivity contribution in [2.75, 3.05) is 6.54 Å². The Balaban J connectivity index is 1.36. The minimum atomic E-state index is 0.651. The number of rotatable bonds is 5. The molecule has 21 heavy (non-hydrogen) atoms. The van der Waals surface area contributed by atoms with Gasteiger partial charge in [-0.15, -0.1) is 11.3 Å². The molecule has 1 N–H and O–H groups in total. The highest BCUT2D eigenvalue weighted by atomic mass is 32.1. The van der Waals surface area contributed by atoms with Gasteiger partial charge in [-0.3, -0.25) is 4.40 Å². The van der Waals surface area contributed by atoms with Crippen LogP contribution in [-0.2, 0) is 6.42 Å². The molecule has 0 aromatic carbocycles. The Hall–Kier alpha value is -0.870. The van der Waals surface area contributed by atoms with E-state index in [0.717, 1.165) is 47.5 Å². The van der Waals surface area contributed by atoms with Gasteiger partial charge in [-0.05, 0) is 55.4 Å². The van der Waals surface area contributed by atoms with Crippen molar-refractivity contribution in [3.8, 4) is 0 Å². The van der Waals surface area contributed by atoms with Gasteiger partial charge in [0.25, 0.3) is 0 Å². The third kappa shape index (κ3) is 1.85. The number of aromatic nitrogens is 2. The smallest absolute Gasteiger partial charge is 0.193 e. The van der Waals surface area contributed by atoms with Crippen LogP contribution in [0.5, 0.6) is 0 Å². The summed E-state index contributed by atoms with van der Waals surface area (Å²) in [4.78, 5) is 5.93. The summed E-state index contributed by atoms with van der Waals surface area (Å²) < 4.78 is 2.17. The van der Waals surface area contributed by atoms with Crippen LogP contribution in [0.1, 0.15) is 31.9 Å². The number of thiazole rings is 1. The van der Waals surface area contributed by atoms with Crippen LogP contribution in [0.4, 0.5) is 0 Å². The zero-order valence-corrected chi connectivity index (χ0v) is 13.4. The molecule has 112 valence electrons. The summed E-state index contributed by atoms with van der Waals surface area (Å²) in [7, 11) is 0. The first kappa shape index (κ1) is 12.7. The van der Waals surface area contributed by atoms with Crippen molar-refractivity contribution >= 4 is 16.3 Å². The van der Waals surface area contributed by atoms with Gasteiger partial charge in [0.2, 0.25) is 0 Å². The summed E-state index contributed by atoms with van der Waals surface area (Å²) in [5.41, 5.74) is 1.27. The van der Waals surface area contributed by atoms with Gasteiger partial charge in [-0.1, -0.05) is 6.92 Å². The fraction of sp³-hybridized carbons (Fsp3) is 0.706. The zero-order valence-electron chi connectivity index (χ0n) is 12.5. The SMILES string of the molecule is CCNC(Cc1cn2ccsc2n1)C1C2C3CCC(C3)C21. The van der Waals surface area contributed by atoms with Gasteiger partial charge in [-0.2, -0.15) is 0 Å². The molecule has 2 heterocycles. The monoisotopic (exact) mass is 301 g/mol. The first-order chi connectivity index (χ1) is 10.3. The molecule has 3 saturated carbocycles. The lowest BCUT2D eigenvalue weighted by molar-refractivity contribution is 0.364. The van der Waals surface area contributed by atoms with Gasteiger partial charge in [0.15, 0.2) is 4.96 Å².